The van der Waals surface area contributed by atoms with Gasteiger partial charge in [0.05, 0.1) is 25.0 Å². The van der Waals surface area contributed by atoms with E-state index in [1.807, 2.05) is 13.8 Å². The van der Waals surface area contributed by atoms with Crippen molar-refractivity contribution in [1.29, 1.82) is 0 Å². The van der Waals surface area contributed by atoms with Crippen LogP contribution in [0.4, 0.5) is 0 Å². The van der Waals surface area contributed by atoms with Crippen LogP contribution in [-0.2, 0) is 19.1 Å². The van der Waals surface area contributed by atoms with E-state index in [1.54, 1.807) is 0 Å². The van der Waals surface area contributed by atoms with E-state index in [4.69, 9.17) is 9.47 Å². The SMILES string of the molecule is CCOC(=O)C1CCCCC1=C1CCCC1C(=O)OCC. The number of ether oxygens (including phenoxy) is 2. The van der Waals surface area contributed by atoms with E-state index in [2.05, 4.69) is 0 Å². The fourth-order valence-electron chi connectivity index (χ4n) is 3.63. The second-order valence-corrected chi connectivity index (χ2v) is 5.80. The number of carbonyl (C=O) groups excluding carboxylic acids is 2. The lowest BCUT2D eigenvalue weighted by Gasteiger charge is -2.27. The minimum absolute atomic E-state index is 0.116. The van der Waals surface area contributed by atoms with Gasteiger partial charge in [-0.15, -0.1) is 0 Å². The third-order valence-corrected chi connectivity index (χ3v) is 4.52. The zero-order valence-corrected chi connectivity index (χ0v) is 13.2. The van der Waals surface area contributed by atoms with Gasteiger partial charge in [0.1, 0.15) is 0 Å². The Morgan fingerprint density at radius 1 is 0.857 bits per heavy atom. The molecule has 2 saturated carbocycles. The fraction of sp³-hybridized carbons (Fsp3) is 0.765. The van der Waals surface area contributed by atoms with Crippen LogP contribution in [0.5, 0.6) is 0 Å². The van der Waals surface area contributed by atoms with Gasteiger partial charge in [0, 0.05) is 0 Å². The molecule has 0 radical (unpaired) electrons. The third kappa shape index (κ3) is 3.66. The highest BCUT2D eigenvalue weighted by Crippen LogP contribution is 2.41. The van der Waals surface area contributed by atoms with Gasteiger partial charge in [0.2, 0.25) is 0 Å². The summed E-state index contributed by atoms with van der Waals surface area (Å²) in [6.07, 6.45) is 6.73. The van der Waals surface area contributed by atoms with E-state index in [0.717, 1.165) is 44.9 Å². The summed E-state index contributed by atoms with van der Waals surface area (Å²) in [6, 6.07) is 0. The number of rotatable bonds is 4. The molecule has 2 fully saturated rings. The van der Waals surface area contributed by atoms with E-state index in [-0.39, 0.29) is 23.8 Å². The summed E-state index contributed by atoms with van der Waals surface area (Å²) in [5.41, 5.74) is 2.35. The average Bonchev–Trinajstić information content (AvgIpc) is 2.97. The van der Waals surface area contributed by atoms with E-state index >= 15 is 0 Å². The molecule has 0 spiro atoms. The predicted octanol–water partition coefficient (Wildman–Crippen LogP) is 3.40. The lowest BCUT2D eigenvalue weighted by Crippen LogP contribution is -2.26. The van der Waals surface area contributed by atoms with Gasteiger partial charge in [0.25, 0.3) is 0 Å². The number of hydrogen-bond acceptors (Lipinski definition) is 4. The lowest BCUT2D eigenvalue weighted by atomic mass is 9.79. The molecule has 0 amide bonds. The van der Waals surface area contributed by atoms with Crippen LogP contribution in [-0.4, -0.2) is 25.2 Å². The summed E-state index contributed by atoms with van der Waals surface area (Å²) >= 11 is 0. The smallest absolute Gasteiger partial charge is 0.313 e. The highest BCUT2D eigenvalue weighted by Gasteiger charge is 2.36. The van der Waals surface area contributed by atoms with Gasteiger partial charge in [-0.3, -0.25) is 9.59 Å². The number of carbonyl (C=O) groups is 2. The van der Waals surface area contributed by atoms with Gasteiger partial charge >= 0.3 is 11.9 Å². The second-order valence-electron chi connectivity index (χ2n) is 5.80. The van der Waals surface area contributed by atoms with Crippen LogP contribution >= 0.6 is 0 Å². The molecule has 0 aromatic rings. The maximum Gasteiger partial charge on any atom is 0.313 e. The molecule has 2 rings (SSSR count). The van der Waals surface area contributed by atoms with Crippen LogP contribution in [0, 0.1) is 11.8 Å². The van der Waals surface area contributed by atoms with Gasteiger partial charge < -0.3 is 9.47 Å². The summed E-state index contributed by atoms with van der Waals surface area (Å²) in [7, 11) is 0. The van der Waals surface area contributed by atoms with Crippen LogP contribution in [0.3, 0.4) is 0 Å². The average molecular weight is 294 g/mol. The first-order valence-corrected chi connectivity index (χ1v) is 8.24. The van der Waals surface area contributed by atoms with Crippen molar-refractivity contribution >= 4 is 11.9 Å². The maximum atomic E-state index is 12.2. The highest BCUT2D eigenvalue weighted by atomic mass is 16.5. The molecule has 4 nitrogen and oxygen atoms in total. The van der Waals surface area contributed by atoms with E-state index < -0.39 is 0 Å². The van der Waals surface area contributed by atoms with Crippen molar-refractivity contribution in [2.75, 3.05) is 13.2 Å². The van der Waals surface area contributed by atoms with Crippen molar-refractivity contribution in [3.05, 3.63) is 11.1 Å². The van der Waals surface area contributed by atoms with Crippen molar-refractivity contribution < 1.29 is 19.1 Å². The molecule has 21 heavy (non-hydrogen) atoms. The van der Waals surface area contributed by atoms with Gasteiger partial charge in [-0.05, 0) is 52.4 Å². The molecule has 0 aliphatic heterocycles. The van der Waals surface area contributed by atoms with Crippen molar-refractivity contribution in [1.82, 2.24) is 0 Å². The molecule has 2 aliphatic rings. The molecule has 0 aromatic carbocycles. The first kappa shape index (κ1) is 16.1. The predicted molar refractivity (Wildman–Crippen MR) is 79.6 cm³/mol. The molecule has 118 valence electrons. The van der Waals surface area contributed by atoms with Crippen LogP contribution in [0.2, 0.25) is 0 Å². The zero-order valence-electron chi connectivity index (χ0n) is 13.2. The molecule has 0 bridgehead atoms. The zero-order chi connectivity index (χ0) is 15.2. The van der Waals surface area contributed by atoms with Crippen LogP contribution < -0.4 is 0 Å². The monoisotopic (exact) mass is 294 g/mol. The van der Waals surface area contributed by atoms with E-state index in [0.29, 0.717) is 13.2 Å². The Balaban J connectivity index is 2.24. The first-order valence-electron chi connectivity index (χ1n) is 8.24. The molecular formula is C17H26O4. The largest absolute Gasteiger partial charge is 0.466 e. The van der Waals surface area contributed by atoms with Crippen molar-refractivity contribution in [3.63, 3.8) is 0 Å². The molecule has 2 atom stereocenters. The Morgan fingerprint density at radius 2 is 1.33 bits per heavy atom. The first-order chi connectivity index (χ1) is 10.2. The van der Waals surface area contributed by atoms with Crippen molar-refractivity contribution in [3.8, 4) is 0 Å². The van der Waals surface area contributed by atoms with Crippen LogP contribution in [0.25, 0.3) is 0 Å². The minimum atomic E-state index is -0.135. The summed E-state index contributed by atoms with van der Waals surface area (Å²) < 4.78 is 10.4. The van der Waals surface area contributed by atoms with Gasteiger partial charge in [-0.2, -0.15) is 0 Å². The van der Waals surface area contributed by atoms with Gasteiger partial charge in [-0.25, -0.2) is 0 Å². The molecule has 0 heterocycles. The summed E-state index contributed by atoms with van der Waals surface area (Å²) in [5, 5.41) is 0. The number of esters is 2. The Hall–Kier alpha value is -1.32. The fourth-order valence-corrected chi connectivity index (χ4v) is 3.63. The Kier molecular flexibility index (Phi) is 5.83. The van der Waals surface area contributed by atoms with Crippen molar-refractivity contribution in [2.24, 2.45) is 11.8 Å². The lowest BCUT2D eigenvalue weighted by molar-refractivity contribution is -0.148. The Labute approximate surface area is 126 Å². The van der Waals surface area contributed by atoms with Gasteiger partial charge in [-0.1, -0.05) is 17.6 Å². The van der Waals surface area contributed by atoms with E-state index in [1.165, 1.54) is 11.1 Å². The normalized spacial score (nSPS) is 29.2. The Morgan fingerprint density at radius 3 is 1.86 bits per heavy atom. The topological polar surface area (TPSA) is 52.6 Å². The molecule has 0 aromatic heterocycles. The van der Waals surface area contributed by atoms with Crippen molar-refractivity contribution in [2.45, 2.75) is 58.8 Å². The summed E-state index contributed by atoms with van der Waals surface area (Å²) in [4.78, 5) is 24.3. The molecule has 0 saturated heterocycles. The van der Waals surface area contributed by atoms with Crippen LogP contribution in [0.15, 0.2) is 11.1 Å². The highest BCUT2D eigenvalue weighted by molar-refractivity contribution is 5.79. The molecule has 2 unspecified atom stereocenters. The van der Waals surface area contributed by atoms with E-state index in [9.17, 15) is 9.59 Å². The quantitative estimate of drug-likeness (QED) is 0.589. The third-order valence-electron chi connectivity index (χ3n) is 4.52. The molecular weight excluding hydrogens is 268 g/mol. The maximum absolute atomic E-state index is 12.2. The molecule has 4 heteroatoms. The number of hydrogen-bond donors (Lipinski definition) is 0. The second kappa shape index (κ2) is 7.62. The van der Waals surface area contributed by atoms with Gasteiger partial charge in [0.15, 0.2) is 0 Å². The molecule has 0 N–H and O–H groups in total. The molecule has 2 aliphatic carbocycles. The Bertz CT molecular complexity index is 425. The summed E-state index contributed by atoms with van der Waals surface area (Å²) in [6.45, 7) is 4.50. The minimum Gasteiger partial charge on any atom is -0.466 e. The van der Waals surface area contributed by atoms with Crippen LogP contribution in [0.1, 0.15) is 58.8 Å². The summed E-state index contributed by atoms with van der Waals surface area (Å²) in [5.74, 6) is -0.501. The standard InChI is InChI=1S/C17H26O4/c1-3-20-16(18)14-9-6-5-8-12(14)13-10-7-11-15(13)17(19)21-4-2/h14-15H,3-11H2,1-2H3.